The van der Waals surface area contributed by atoms with Gasteiger partial charge in [-0.15, -0.1) is 22.7 Å². The van der Waals surface area contributed by atoms with E-state index in [0.29, 0.717) is 18.5 Å². The van der Waals surface area contributed by atoms with Crippen molar-refractivity contribution in [3.05, 3.63) is 28.9 Å². The van der Waals surface area contributed by atoms with Crippen LogP contribution in [0.5, 0.6) is 0 Å². The summed E-state index contributed by atoms with van der Waals surface area (Å²) in [5.41, 5.74) is 3.36. The Morgan fingerprint density at radius 2 is 2.09 bits per heavy atom. The van der Waals surface area contributed by atoms with Crippen LogP contribution in [0.25, 0.3) is 20.8 Å². The number of carbonyl (C=O) groups is 1. The number of thiophene rings is 1. The molecule has 0 bridgehead atoms. The highest BCUT2D eigenvalue weighted by Crippen LogP contribution is 2.45. The number of anilines is 1. The molecule has 7 nitrogen and oxygen atoms in total. The number of hydrogen-bond donors (Lipinski definition) is 4. The fourth-order valence-electron chi connectivity index (χ4n) is 5.63. The molecule has 6 rings (SSSR count). The molecule has 2 fully saturated rings. The molecular weight excluding hydrogens is 452 g/mol. The summed E-state index contributed by atoms with van der Waals surface area (Å²) in [7, 11) is 0. The van der Waals surface area contributed by atoms with Gasteiger partial charge in [-0.1, -0.05) is 0 Å². The Kier molecular flexibility index (Phi) is 5.92. The molecule has 1 aliphatic carbocycles. The highest BCUT2D eigenvalue weighted by Gasteiger charge is 2.36. The third-order valence-corrected chi connectivity index (χ3v) is 9.51. The van der Waals surface area contributed by atoms with Gasteiger partial charge in [0.05, 0.1) is 10.9 Å². The summed E-state index contributed by atoms with van der Waals surface area (Å²) in [5.74, 6) is 1.71. The van der Waals surface area contributed by atoms with Crippen LogP contribution in [-0.2, 0) is 17.8 Å². The standard InChI is InChI=1S/C24H30N6OS2/c1-13-6-17-20(12-28-13)33-24(22(17)23-29-18-11-25-4-2-19(18)32-23)30-21(31)3-5-27-16-7-14-9-26-10-15(14)8-16/h2,4,11,13-16,26-28H,3,5-10,12H2,1H3,(H,30,31)/t13-,14-,15+,16?/m0/s1. The predicted molar refractivity (Wildman–Crippen MR) is 135 cm³/mol. The van der Waals surface area contributed by atoms with Gasteiger partial charge in [0.2, 0.25) is 5.91 Å². The van der Waals surface area contributed by atoms with E-state index in [2.05, 4.69) is 33.2 Å². The third-order valence-electron chi connectivity index (χ3n) is 7.31. The maximum atomic E-state index is 12.9. The summed E-state index contributed by atoms with van der Waals surface area (Å²) in [6.07, 6.45) is 7.53. The van der Waals surface area contributed by atoms with Gasteiger partial charge in [0, 0.05) is 48.2 Å². The first kappa shape index (κ1) is 21.6. The average molecular weight is 483 g/mol. The van der Waals surface area contributed by atoms with Crippen LogP contribution in [0.15, 0.2) is 18.5 Å². The molecule has 174 valence electrons. The molecule has 2 aliphatic heterocycles. The zero-order valence-electron chi connectivity index (χ0n) is 18.8. The van der Waals surface area contributed by atoms with E-state index in [-0.39, 0.29) is 5.91 Å². The summed E-state index contributed by atoms with van der Waals surface area (Å²) >= 11 is 3.38. The average Bonchev–Trinajstić information content (AvgIpc) is 3.54. The van der Waals surface area contributed by atoms with Crippen molar-refractivity contribution in [1.29, 1.82) is 0 Å². The Labute approximate surface area is 201 Å². The number of aromatic nitrogens is 2. The number of fused-ring (bicyclic) bond motifs is 3. The van der Waals surface area contributed by atoms with Crippen molar-refractivity contribution in [2.45, 2.75) is 51.2 Å². The van der Waals surface area contributed by atoms with E-state index in [1.54, 1.807) is 22.7 Å². The molecule has 1 amide bonds. The SMILES string of the molecule is C[C@H]1Cc2c(sc(NC(=O)CCNC3C[C@H]4CNC[C@H]4C3)c2-c2nc3cnccc3s2)CN1. The van der Waals surface area contributed by atoms with Gasteiger partial charge in [0.1, 0.15) is 15.5 Å². The van der Waals surface area contributed by atoms with Gasteiger partial charge in [0.15, 0.2) is 0 Å². The number of hydrogen-bond acceptors (Lipinski definition) is 8. The highest BCUT2D eigenvalue weighted by molar-refractivity contribution is 7.22. The Bertz CT molecular complexity index is 1130. The minimum Gasteiger partial charge on any atom is -0.317 e. The minimum atomic E-state index is 0.0750. The van der Waals surface area contributed by atoms with Crippen LogP contribution in [-0.4, -0.2) is 47.6 Å². The summed E-state index contributed by atoms with van der Waals surface area (Å²) in [6.45, 7) is 6.10. The second kappa shape index (κ2) is 9.03. The molecule has 5 heterocycles. The fraction of sp³-hybridized carbons (Fsp3) is 0.542. The lowest BCUT2D eigenvalue weighted by molar-refractivity contribution is -0.116. The van der Waals surface area contributed by atoms with Crippen LogP contribution in [0.4, 0.5) is 5.00 Å². The first-order valence-electron chi connectivity index (χ1n) is 12.0. The first-order chi connectivity index (χ1) is 16.1. The van der Waals surface area contributed by atoms with Crippen molar-refractivity contribution in [2.24, 2.45) is 11.8 Å². The monoisotopic (exact) mass is 482 g/mol. The van der Waals surface area contributed by atoms with E-state index in [9.17, 15) is 4.79 Å². The number of nitrogens with one attached hydrogen (secondary N) is 4. The second-order valence-electron chi connectivity index (χ2n) is 9.66. The number of pyridine rings is 1. The van der Waals surface area contributed by atoms with Crippen LogP contribution < -0.4 is 21.3 Å². The minimum absolute atomic E-state index is 0.0750. The number of thiazole rings is 1. The molecule has 1 saturated heterocycles. The van der Waals surface area contributed by atoms with E-state index in [1.807, 2.05) is 18.5 Å². The lowest BCUT2D eigenvalue weighted by Gasteiger charge is -2.20. The van der Waals surface area contributed by atoms with Crippen LogP contribution in [0.1, 0.15) is 36.6 Å². The summed E-state index contributed by atoms with van der Waals surface area (Å²) in [5, 5.41) is 15.8. The number of nitrogens with zero attached hydrogens (tertiary/aromatic N) is 2. The molecule has 3 aliphatic rings. The van der Waals surface area contributed by atoms with Crippen LogP contribution in [0, 0.1) is 11.8 Å². The Hall–Kier alpha value is -1.91. The molecule has 3 aromatic rings. The third kappa shape index (κ3) is 4.33. The quantitative estimate of drug-likeness (QED) is 0.431. The fourth-order valence-corrected chi connectivity index (χ4v) is 7.90. The Balaban J connectivity index is 1.17. The lowest BCUT2D eigenvalue weighted by Crippen LogP contribution is -2.32. The maximum Gasteiger partial charge on any atom is 0.226 e. The van der Waals surface area contributed by atoms with E-state index < -0.39 is 0 Å². The van der Waals surface area contributed by atoms with Crippen molar-refractivity contribution < 1.29 is 4.79 Å². The van der Waals surface area contributed by atoms with Crippen molar-refractivity contribution >= 4 is 43.8 Å². The van der Waals surface area contributed by atoms with Gasteiger partial charge in [-0.05, 0) is 62.7 Å². The molecule has 9 heteroatoms. The predicted octanol–water partition coefficient (Wildman–Crippen LogP) is 3.37. The zero-order chi connectivity index (χ0) is 22.4. The molecule has 3 aromatic heterocycles. The molecule has 0 radical (unpaired) electrons. The lowest BCUT2D eigenvalue weighted by atomic mass is 9.99. The van der Waals surface area contributed by atoms with Gasteiger partial charge in [-0.2, -0.15) is 0 Å². The van der Waals surface area contributed by atoms with Crippen LogP contribution in [0.2, 0.25) is 0 Å². The van der Waals surface area contributed by atoms with Crippen LogP contribution in [0.3, 0.4) is 0 Å². The van der Waals surface area contributed by atoms with Gasteiger partial charge >= 0.3 is 0 Å². The van der Waals surface area contributed by atoms with Gasteiger partial charge < -0.3 is 21.3 Å². The number of amides is 1. The second-order valence-corrected chi connectivity index (χ2v) is 11.8. The molecular formula is C24H30N6OS2. The maximum absolute atomic E-state index is 12.9. The van der Waals surface area contributed by atoms with E-state index in [1.165, 1.54) is 23.3 Å². The highest BCUT2D eigenvalue weighted by atomic mass is 32.1. The van der Waals surface area contributed by atoms with E-state index >= 15 is 0 Å². The molecule has 1 saturated carbocycles. The number of carbonyl (C=O) groups excluding carboxylic acids is 1. The molecule has 0 spiro atoms. The first-order valence-corrected chi connectivity index (χ1v) is 13.6. The summed E-state index contributed by atoms with van der Waals surface area (Å²) in [6, 6.07) is 2.98. The molecule has 4 atom stereocenters. The largest absolute Gasteiger partial charge is 0.317 e. The molecule has 4 N–H and O–H groups in total. The van der Waals surface area contributed by atoms with E-state index in [4.69, 9.17) is 4.98 Å². The zero-order valence-corrected chi connectivity index (χ0v) is 20.5. The smallest absolute Gasteiger partial charge is 0.226 e. The van der Waals surface area contributed by atoms with E-state index in [0.717, 1.165) is 70.2 Å². The Morgan fingerprint density at radius 1 is 1.24 bits per heavy atom. The van der Waals surface area contributed by atoms with Crippen molar-refractivity contribution in [3.63, 3.8) is 0 Å². The van der Waals surface area contributed by atoms with Crippen LogP contribution >= 0.6 is 22.7 Å². The summed E-state index contributed by atoms with van der Waals surface area (Å²) in [4.78, 5) is 23.3. The molecule has 33 heavy (non-hydrogen) atoms. The van der Waals surface area contributed by atoms with Crippen molar-refractivity contribution in [2.75, 3.05) is 25.0 Å². The Morgan fingerprint density at radius 3 is 2.91 bits per heavy atom. The van der Waals surface area contributed by atoms with Gasteiger partial charge in [-0.3, -0.25) is 9.78 Å². The van der Waals surface area contributed by atoms with Gasteiger partial charge in [-0.25, -0.2) is 4.98 Å². The number of rotatable bonds is 6. The van der Waals surface area contributed by atoms with Crippen molar-refractivity contribution in [1.82, 2.24) is 25.9 Å². The summed E-state index contributed by atoms with van der Waals surface area (Å²) < 4.78 is 1.12. The normalized spacial score (nSPS) is 26.5. The molecule has 0 aromatic carbocycles. The van der Waals surface area contributed by atoms with Gasteiger partial charge in [0.25, 0.3) is 0 Å². The van der Waals surface area contributed by atoms with Crippen molar-refractivity contribution in [3.8, 4) is 10.6 Å². The topological polar surface area (TPSA) is 91.0 Å². The molecule has 1 unspecified atom stereocenters.